The molecule has 42 heavy (non-hydrogen) atoms. The standard InChI is InChI=1S/C28H35N7O6S/c1-20-2-4-25(28-27(20)22(18-31)19-34-28)35-42(37,38)23-3-5-24(21(16-23)17-30)32-8-12-40-14-15-41-13-9-33-26(36)6-10-39-11-7-29/h2-5,16,19,32,34-35H,6-15,29H2,1H3,(H,33,36). The summed E-state index contributed by atoms with van der Waals surface area (Å²) in [6, 6.07) is 11.7. The number of benzene rings is 2. The molecule has 6 N–H and O–H groups in total. The first-order chi connectivity index (χ1) is 20.3. The van der Waals surface area contributed by atoms with Gasteiger partial charge < -0.3 is 35.6 Å². The predicted octanol–water partition coefficient (Wildman–Crippen LogP) is 1.95. The number of nitrogens with zero attached hydrogens (tertiary/aromatic N) is 2. The molecule has 0 unspecified atom stereocenters. The number of hydrogen-bond donors (Lipinski definition) is 5. The van der Waals surface area contributed by atoms with Crippen molar-refractivity contribution in [3.63, 3.8) is 0 Å². The molecule has 0 spiro atoms. The molecule has 2 aromatic carbocycles. The van der Waals surface area contributed by atoms with Crippen molar-refractivity contribution in [2.45, 2.75) is 18.2 Å². The molecule has 0 fully saturated rings. The molecule has 0 saturated carbocycles. The number of rotatable bonds is 18. The maximum Gasteiger partial charge on any atom is 0.262 e. The lowest BCUT2D eigenvalue weighted by Crippen LogP contribution is -2.28. The number of nitrogens with one attached hydrogen (secondary N) is 4. The summed E-state index contributed by atoms with van der Waals surface area (Å²) in [4.78, 5) is 14.5. The first-order valence-electron chi connectivity index (χ1n) is 13.3. The Labute approximate surface area is 245 Å². The number of fused-ring (bicyclic) bond motifs is 1. The minimum atomic E-state index is -4.02. The third-order valence-electron chi connectivity index (χ3n) is 6.07. The van der Waals surface area contributed by atoms with Gasteiger partial charge in [0.25, 0.3) is 10.0 Å². The Kier molecular flexibility index (Phi) is 12.6. The van der Waals surface area contributed by atoms with Gasteiger partial charge in [0.2, 0.25) is 5.91 Å². The number of hydrogen-bond acceptors (Lipinski definition) is 10. The van der Waals surface area contributed by atoms with E-state index in [4.69, 9.17) is 19.9 Å². The second-order valence-corrected chi connectivity index (χ2v) is 10.8. The Morgan fingerprint density at radius 2 is 1.62 bits per heavy atom. The molecule has 1 aromatic heterocycles. The molecule has 14 heteroatoms. The number of aryl methyl sites for hydroxylation is 1. The SMILES string of the molecule is Cc1ccc(NS(=O)(=O)c2ccc(NCCOCCOCCNC(=O)CCOCCN)c(C#N)c2)c2[nH]cc(C#N)c12. The van der Waals surface area contributed by atoms with Gasteiger partial charge in [-0.05, 0) is 36.8 Å². The fourth-order valence-corrected chi connectivity index (χ4v) is 5.11. The van der Waals surface area contributed by atoms with E-state index in [1.54, 1.807) is 12.1 Å². The van der Waals surface area contributed by atoms with Gasteiger partial charge >= 0.3 is 0 Å². The molecule has 0 radical (unpaired) electrons. The molecule has 1 amide bonds. The number of H-pyrrole nitrogens is 1. The monoisotopic (exact) mass is 597 g/mol. The van der Waals surface area contributed by atoms with Crippen molar-refractivity contribution in [2.75, 3.05) is 69.3 Å². The highest BCUT2D eigenvalue weighted by Crippen LogP contribution is 2.30. The Bertz CT molecular complexity index is 1540. The number of nitriles is 2. The lowest BCUT2D eigenvalue weighted by atomic mass is 10.1. The summed E-state index contributed by atoms with van der Waals surface area (Å²) in [5.41, 5.74) is 8.01. The highest BCUT2D eigenvalue weighted by atomic mass is 32.2. The van der Waals surface area contributed by atoms with Crippen molar-refractivity contribution in [2.24, 2.45) is 5.73 Å². The molecule has 3 aromatic rings. The normalized spacial score (nSPS) is 11.1. The van der Waals surface area contributed by atoms with Gasteiger partial charge in [-0.3, -0.25) is 9.52 Å². The summed E-state index contributed by atoms with van der Waals surface area (Å²) in [7, 11) is -4.02. The summed E-state index contributed by atoms with van der Waals surface area (Å²) in [6.45, 7) is 5.19. The van der Waals surface area contributed by atoms with E-state index >= 15 is 0 Å². The molecule has 13 nitrogen and oxygen atoms in total. The van der Waals surface area contributed by atoms with Crippen LogP contribution in [0.15, 0.2) is 41.4 Å². The van der Waals surface area contributed by atoms with E-state index in [0.29, 0.717) is 87.1 Å². The van der Waals surface area contributed by atoms with E-state index in [0.717, 1.165) is 5.56 Å². The number of sulfonamides is 1. The van der Waals surface area contributed by atoms with Crippen LogP contribution in [0.4, 0.5) is 11.4 Å². The minimum Gasteiger partial charge on any atom is -0.382 e. The van der Waals surface area contributed by atoms with E-state index in [9.17, 15) is 23.7 Å². The molecule has 0 aliphatic carbocycles. The van der Waals surface area contributed by atoms with Gasteiger partial charge in [-0.25, -0.2) is 8.42 Å². The number of carbonyl (C=O) groups excluding carboxylic acids is 1. The van der Waals surface area contributed by atoms with Crippen LogP contribution < -0.4 is 21.1 Å². The van der Waals surface area contributed by atoms with Crippen molar-refractivity contribution in [1.82, 2.24) is 10.3 Å². The van der Waals surface area contributed by atoms with E-state index in [2.05, 4.69) is 26.4 Å². The number of anilines is 2. The van der Waals surface area contributed by atoms with Gasteiger partial charge in [-0.2, -0.15) is 10.5 Å². The van der Waals surface area contributed by atoms with E-state index in [-0.39, 0.29) is 22.8 Å². The second kappa shape index (κ2) is 16.3. The highest BCUT2D eigenvalue weighted by Gasteiger charge is 2.19. The van der Waals surface area contributed by atoms with Gasteiger partial charge in [0.05, 0.1) is 72.6 Å². The van der Waals surface area contributed by atoms with Gasteiger partial charge in [0, 0.05) is 37.6 Å². The fourth-order valence-electron chi connectivity index (χ4n) is 4.02. The van der Waals surface area contributed by atoms with Crippen LogP contribution in [-0.4, -0.2) is 78.6 Å². The zero-order valence-corrected chi connectivity index (χ0v) is 24.2. The van der Waals surface area contributed by atoms with Gasteiger partial charge in [0.15, 0.2) is 0 Å². The highest BCUT2D eigenvalue weighted by molar-refractivity contribution is 7.92. The zero-order valence-electron chi connectivity index (χ0n) is 23.4. The van der Waals surface area contributed by atoms with Gasteiger partial charge in [-0.1, -0.05) is 6.07 Å². The van der Waals surface area contributed by atoms with E-state index in [1.165, 1.54) is 24.4 Å². The van der Waals surface area contributed by atoms with Crippen molar-refractivity contribution in [1.29, 1.82) is 10.5 Å². The first kappa shape index (κ1) is 32.3. The van der Waals surface area contributed by atoms with E-state index in [1.807, 2.05) is 13.0 Å². The molecule has 0 saturated heterocycles. The number of ether oxygens (including phenoxy) is 3. The van der Waals surface area contributed by atoms with Crippen LogP contribution in [0.3, 0.4) is 0 Å². The number of aromatic amines is 1. The van der Waals surface area contributed by atoms with Crippen LogP contribution >= 0.6 is 0 Å². The molecule has 224 valence electrons. The molecule has 0 atom stereocenters. The fraction of sp³-hybridized carbons (Fsp3) is 0.393. The van der Waals surface area contributed by atoms with Crippen molar-refractivity contribution in [3.8, 4) is 12.1 Å². The maximum absolute atomic E-state index is 13.1. The van der Waals surface area contributed by atoms with E-state index < -0.39 is 10.0 Å². The van der Waals surface area contributed by atoms with Crippen LogP contribution in [0.25, 0.3) is 10.9 Å². The van der Waals surface area contributed by atoms with Crippen LogP contribution in [0.5, 0.6) is 0 Å². The third-order valence-corrected chi connectivity index (χ3v) is 7.43. The molecular weight excluding hydrogens is 562 g/mol. The summed E-state index contributed by atoms with van der Waals surface area (Å²) in [5.74, 6) is -0.115. The van der Waals surface area contributed by atoms with Gasteiger partial charge in [-0.15, -0.1) is 0 Å². The molecule has 0 aliphatic heterocycles. The average molecular weight is 598 g/mol. The van der Waals surface area contributed by atoms with Crippen molar-refractivity contribution in [3.05, 3.63) is 53.2 Å². The summed E-state index contributed by atoms with van der Waals surface area (Å²) >= 11 is 0. The zero-order chi connectivity index (χ0) is 30.4. The van der Waals surface area contributed by atoms with Crippen molar-refractivity contribution >= 4 is 38.2 Å². The number of aromatic nitrogens is 1. The lowest BCUT2D eigenvalue weighted by molar-refractivity contribution is -0.122. The van der Waals surface area contributed by atoms with Crippen LogP contribution in [-0.2, 0) is 29.0 Å². The smallest absolute Gasteiger partial charge is 0.262 e. The first-order valence-corrected chi connectivity index (χ1v) is 14.8. The average Bonchev–Trinajstić information content (AvgIpc) is 3.43. The lowest BCUT2D eigenvalue weighted by Gasteiger charge is -2.13. The Morgan fingerprint density at radius 1 is 0.929 bits per heavy atom. The molecule has 0 aliphatic rings. The molecule has 1 heterocycles. The Hall–Kier alpha value is -4.18. The van der Waals surface area contributed by atoms with Crippen LogP contribution in [0.1, 0.15) is 23.1 Å². The summed E-state index contributed by atoms with van der Waals surface area (Å²) in [5, 5.41) is 25.4. The summed E-state index contributed by atoms with van der Waals surface area (Å²) < 4.78 is 44.9. The molecule has 3 rings (SSSR count). The minimum absolute atomic E-state index is 0.0742. The molecule has 0 bridgehead atoms. The van der Waals surface area contributed by atoms with Crippen molar-refractivity contribution < 1.29 is 27.4 Å². The topological polar surface area (TPSA) is 204 Å². The second-order valence-electron chi connectivity index (χ2n) is 9.07. The predicted molar refractivity (Wildman–Crippen MR) is 157 cm³/mol. The Morgan fingerprint density at radius 3 is 2.33 bits per heavy atom. The van der Waals surface area contributed by atoms with Gasteiger partial charge in [0.1, 0.15) is 12.1 Å². The largest absolute Gasteiger partial charge is 0.382 e. The number of amides is 1. The van der Waals surface area contributed by atoms with Crippen LogP contribution in [0, 0.1) is 29.6 Å². The Balaban J connectivity index is 1.41. The number of carbonyl (C=O) groups is 1. The quantitative estimate of drug-likeness (QED) is 0.135. The maximum atomic E-state index is 13.1. The summed E-state index contributed by atoms with van der Waals surface area (Å²) in [6.07, 6.45) is 1.81. The number of nitrogens with two attached hydrogens (primary N) is 1. The molecular formula is C28H35N7O6S. The van der Waals surface area contributed by atoms with Crippen LogP contribution in [0.2, 0.25) is 0 Å². The third kappa shape index (κ3) is 9.17.